The second-order valence-electron chi connectivity index (χ2n) is 2.56. The molecule has 1 heterocycles. The average molecular weight is 183 g/mol. The van der Waals surface area contributed by atoms with Crippen molar-refractivity contribution in [2.75, 3.05) is 13.3 Å². The molecule has 0 radical (unpaired) electrons. The molecule has 0 atom stereocenters. The van der Waals surface area contributed by atoms with Gasteiger partial charge in [-0.05, 0) is 13.0 Å². The molecule has 1 N–H and O–H groups in total. The van der Waals surface area contributed by atoms with E-state index in [1.165, 1.54) is 0 Å². The van der Waals surface area contributed by atoms with Crippen molar-refractivity contribution in [2.24, 2.45) is 0 Å². The fourth-order valence-corrected chi connectivity index (χ4v) is 0.971. The SMILES string of the molecule is O=COCNCCCn1ccnc1. The maximum absolute atomic E-state index is 9.75. The lowest BCUT2D eigenvalue weighted by atomic mass is 10.4. The third kappa shape index (κ3) is 4.27. The van der Waals surface area contributed by atoms with E-state index in [0.29, 0.717) is 6.47 Å². The van der Waals surface area contributed by atoms with Gasteiger partial charge in [-0.3, -0.25) is 10.1 Å². The quantitative estimate of drug-likeness (QED) is 0.367. The number of carbonyl (C=O) groups is 1. The van der Waals surface area contributed by atoms with E-state index in [1.54, 1.807) is 12.5 Å². The topological polar surface area (TPSA) is 56.1 Å². The van der Waals surface area contributed by atoms with Crippen LogP contribution in [-0.2, 0) is 16.1 Å². The third-order valence-electron chi connectivity index (χ3n) is 1.58. The zero-order valence-electron chi connectivity index (χ0n) is 7.35. The van der Waals surface area contributed by atoms with Crippen LogP contribution < -0.4 is 5.32 Å². The summed E-state index contributed by atoms with van der Waals surface area (Å²) in [5, 5.41) is 2.96. The van der Waals surface area contributed by atoms with Crippen LogP contribution in [0.15, 0.2) is 18.7 Å². The van der Waals surface area contributed by atoms with E-state index in [1.807, 2.05) is 10.8 Å². The Hall–Kier alpha value is -1.36. The fourth-order valence-electron chi connectivity index (χ4n) is 0.971. The Morgan fingerprint density at radius 3 is 3.23 bits per heavy atom. The van der Waals surface area contributed by atoms with Gasteiger partial charge >= 0.3 is 0 Å². The Morgan fingerprint density at radius 1 is 1.62 bits per heavy atom. The number of ether oxygens (including phenoxy) is 1. The summed E-state index contributed by atoms with van der Waals surface area (Å²) in [6.45, 7) is 2.47. The standard InChI is InChI=1S/C8H13N3O2/c12-8-13-7-10-2-1-4-11-5-3-9-6-11/h3,5-6,8,10H,1-2,4,7H2. The van der Waals surface area contributed by atoms with Crippen LogP contribution in [-0.4, -0.2) is 29.3 Å². The number of aromatic nitrogens is 2. The van der Waals surface area contributed by atoms with Gasteiger partial charge in [0, 0.05) is 18.9 Å². The maximum Gasteiger partial charge on any atom is 0.294 e. The Kier molecular flexibility index (Phi) is 4.63. The summed E-state index contributed by atoms with van der Waals surface area (Å²) in [5.41, 5.74) is 0. The summed E-state index contributed by atoms with van der Waals surface area (Å²) in [5.74, 6) is 0. The lowest BCUT2D eigenvalue weighted by Gasteiger charge is -2.03. The molecule has 0 aliphatic rings. The first-order chi connectivity index (χ1) is 6.43. The number of carbonyl (C=O) groups excluding carboxylic acids is 1. The van der Waals surface area contributed by atoms with E-state index in [2.05, 4.69) is 15.0 Å². The van der Waals surface area contributed by atoms with Gasteiger partial charge in [-0.15, -0.1) is 0 Å². The summed E-state index contributed by atoms with van der Waals surface area (Å²) in [7, 11) is 0. The van der Waals surface area contributed by atoms with Gasteiger partial charge in [0.2, 0.25) is 0 Å². The normalized spacial score (nSPS) is 9.85. The summed E-state index contributed by atoms with van der Waals surface area (Å²) in [6, 6.07) is 0. The van der Waals surface area contributed by atoms with Crippen molar-refractivity contribution in [3.63, 3.8) is 0 Å². The molecular weight excluding hydrogens is 170 g/mol. The van der Waals surface area contributed by atoms with Crippen LogP contribution in [0.2, 0.25) is 0 Å². The monoisotopic (exact) mass is 183 g/mol. The third-order valence-corrected chi connectivity index (χ3v) is 1.58. The lowest BCUT2D eigenvalue weighted by Crippen LogP contribution is -2.19. The van der Waals surface area contributed by atoms with Crippen molar-refractivity contribution in [3.05, 3.63) is 18.7 Å². The second kappa shape index (κ2) is 6.19. The van der Waals surface area contributed by atoms with Gasteiger partial charge in [-0.2, -0.15) is 0 Å². The van der Waals surface area contributed by atoms with Gasteiger partial charge in [0.1, 0.15) is 6.73 Å². The summed E-state index contributed by atoms with van der Waals surface area (Å²) in [6.07, 6.45) is 6.44. The average Bonchev–Trinajstić information content (AvgIpc) is 2.63. The molecule has 0 aliphatic carbocycles. The summed E-state index contributed by atoms with van der Waals surface area (Å²) >= 11 is 0. The molecule has 0 saturated heterocycles. The number of rotatable bonds is 7. The maximum atomic E-state index is 9.75. The molecule has 0 unspecified atom stereocenters. The van der Waals surface area contributed by atoms with Crippen molar-refractivity contribution in [2.45, 2.75) is 13.0 Å². The Labute approximate surface area is 76.7 Å². The van der Waals surface area contributed by atoms with Crippen LogP contribution in [0, 0.1) is 0 Å². The summed E-state index contributed by atoms with van der Waals surface area (Å²) in [4.78, 5) is 13.7. The number of nitrogens with one attached hydrogen (secondary N) is 1. The molecule has 0 aliphatic heterocycles. The van der Waals surface area contributed by atoms with Crippen molar-refractivity contribution < 1.29 is 9.53 Å². The largest absolute Gasteiger partial charge is 0.452 e. The minimum Gasteiger partial charge on any atom is -0.452 e. The Morgan fingerprint density at radius 2 is 2.54 bits per heavy atom. The molecule has 1 aromatic heterocycles. The number of hydrogen-bond donors (Lipinski definition) is 1. The highest BCUT2D eigenvalue weighted by atomic mass is 16.5. The molecule has 0 aromatic carbocycles. The first-order valence-corrected chi connectivity index (χ1v) is 4.15. The van der Waals surface area contributed by atoms with Crippen molar-refractivity contribution >= 4 is 6.47 Å². The predicted octanol–water partition coefficient (Wildman–Crippen LogP) is -0.00670. The molecule has 1 rings (SSSR count). The smallest absolute Gasteiger partial charge is 0.294 e. The van der Waals surface area contributed by atoms with Crippen molar-refractivity contribution in [1.29, 1.82) is 0 Å². The van der Waals surface area contributed by atoms with E-state index in [-0.39, 0.29) is 6.73 Å². The number of aryl methyl sites for hydroxylation is 1. The highest BCUT2D eigenvalue weighted by molar-refractivity contribution is 5.36. The van der Waals surface area contributed by atoms with Crippen LogP contribution in [0.25, 0.3) is 0 Å². The molecule has 5 heteroatoms. The van der Waals surface area contributed by atoms with Crippen molar-refractivity contribution in [3.8, 4) is 0 Å². The van der Waals surface area contributed by atoms with Crippen LogP contribution in [0.3, 0.4) is 0 Å². The molecule has 0 saturated carbocycles. The van der Waals surface area contributed by atoms with Gasteiger partial charge in [-0.25, -0.2) is 4.98 Å². The molecule has 0 fully saturated rings. The second-order valence-corrected chi connectivity index (χ2v) is 2.56. The van der Waals surface area contributed by atoms with Gasteiger partial charge in [-0.1, -0.05) is 0 Å². The first-order valence-electron chi connectivity index (χ1n) is 4.15. The minimum atomic E-state index is 0.285. The van der Waals surface area contributed by atoms with Crippen LogP contribution in [0.1, 0.15) is 6.42 Å². The predicted molar refractivity (Wildman–Crippen MR) is 46.9 cm³/mol. The van der Waals surface area contributed by atoms with E-state index in [0.717, 1.165) is 19.5 Å². The highest BCUT2D eigenvalue weighted by Crippen LogP contribution is 1.88. The van der Waals surface area contributed by atoms with E-state index >= 15 is 0 Å². The van der Waals surface area contributed by atoms with Crippen LogP contribution >= 0.6 is 0 Å². The summed E-state index contributed by atoms with van der Waals surface area (Å²) < 4.78 is 6.46. The molecule has 13 heavy (non-hydrogen) atoms. The molecule has 0 bridgehead atoms. The first kappa shape index (κ1) is 9.73. The minimum absolute atomic E-state index is 0.285. The van der Waals surface area contributed by atoms with Gasteiger partial charge in [0.05, 0.1) is 6.33 Å². The van der Waals surface area contributed by atoms with Gasteiger partial charge < -0.3 is 9.30 Å². The zero-order valence-corrected chi connectivity index (χ0v) is 7.35. The van der Waals surface area contributed by atoms with Gasteiger partial charge in [0.25, 0.3) is 6.47 Å². The Balaban J connectivity index is 1.93. The molecule has 5 nitrogen and oxygen atoms in total. The number of nitrogens with zero attached hydrogens (tertiary/aromatic N) is 2. The van der Waals surface area contributed by atoms with E-state index < -0.39 is 0 Å². The zero-order chi connectivity index (χ0) is 9.36. The Bertz CT molecular complexity index is 223. The highest BCUT2D eigenvalue weighted by Gasteiger charge is 1.89. The molecule has 72 valence electrons. The molecular formula is C8H13N3O2. The number of imidazole rings is 1. The lowest BCUT2D eigenvalue weighted by molar-refractivity contribution is -0.129. The van der Waals surface area contributed by atoms with Crippen LogP contribution in [0.5, 0.6) is 0 Å². The van der Waals surface area contributed by atoms with Gasteiger partial charge in [0.15, 0.2) is 0 Å². The molecule has 0 amide bonds. The van der Waals surface area contributed by atoms with E-state index in [4.69, 9.17) is 0 Å². The van der Waals surface area contributed by atoms with Crippen molar-refractivity contribution in [1.82, 2.24) is 14.9 Å². The van der Waals surface area contributed by atoms with E-state index in [9.17, 15) is 4.79 Å². The molecule has 0 spiro atoms. The number of hydrogen-bond acceptors (Lipinski definition) is 4. The fraction of sp³-hybridized carbons (Fsp3) is 0.500. The van der Waals surface area contributed by atoms with Crippen LogP contribution in [0.4, 0.5) is 0 Å². The molecule has 1 aromatic rings.